The van der Waals surface area contributed by atoms with Gasteiger partial charge < -0.3 is 9.47 Å². The van der Waals surface area contributed by atoms with Crippen LogP contribution in [0.1, 0.15) is 51.5 Å². The van der Waals surface area contributed by atoms with Gasteiger partial charge in [-0.25, -0.2) is 0 Å². The van der Waals surface area contributed by atoms with E-state index in [1.165, 1.54) is 25.7 Å². The number of ether oxygens (including phenoxy) is 2. The summed E-state index contributed by atoms with van der Waals surface area (Å²) in [6.07, 6.45) is 7.93. The van der Waals surface area contributed by atoms with Crippen molar-refractivity contribution in [2.24, 2.45) is 0 Å². The standard InChI is InChI=1S/C18H25NO2/c1-4-5-6-7-8-11-21-17-10-9-16(12-15(2)14-19)13-18(17)20-3/h9-10,12-13H,4-8,11H2,1-3H3/b15-12-. The van der Waals surface area contributed by atoms with Gasteiger partial charge in [-0.05, 0) is 37.1 Å². The number of nitriles is 1. The van der Waals surface area contributed by atoms with Crippen molar-refractivity contribution in [1.29, 1.82) is 5.26 Å². The van der Waals surface area contributed by atoms with Crippen molar-refractivity contribution in [2.75, 3.05) is 13.7 Å². The van der Waals surface area contributed by atoms with Gasteiger partial charge in [0, 0.05) is 5.57 Å². The quantitative estimate of drug-likeness (QED) is 0.475. The average Bonchev–Trinajstić information content (AvgIpc) is 2.51. The number of methoxy groups -OCH3 is 1. The predicted molar refractivity (Wildman–Crippen MR) is 86.5 cm³/mol. The molecule has 0 aliphatic heterocycles. The lowest BCUT2D eigenvalue weighted by Crippen LogP contribution is -1.99. The Labute approximate surface area is 128 Å². The number of rotatable bonds is 9. The molecule has 3 heteroatoms. The van der Waals surface area contributed by atoms with Gasteiger partial charge in [0.15, 0.2) is 11.5 Å². The molecule has 0 saturated carbocycles. The molecule has 3 nitrogen and oxygen atoms in total. The van der Waals surface area contributed by atoms with E-state index < -0.39 is 0 Å². The summed E-state index contributed by atoms with van der Waals surface area (Å²) in [5.74, 6) is 1.47. The highest BCUT2D eigenvalue weighted by Crippen LogP contribution is 2.29. The van der Waals surface area contributed by atoms with E-state index in [-0.39, 0.29) is 0 Å². The molecular formula is C18H25NO2. The molecule has 0 spiro atoms. The molecule has 1 aromatic carbocycles. The Bertz CT molecular complexity index is 500. The van der Waals surface area contributed by atoms with Gasteiger partial charge in [0.1, 0.15) is 0 Å². The van der Waals surface area contributed by atoms with Gasteiger partial charge in [0.05, 0.1) is 19.8 Å². The third-order valence-corrected chi connectivity index (χ3v) is 3.25. The van der Waals surface area contributed by atoms with Crippen LogP contribution < -0.4 is 9.47 Å². The van der Waals surface area contributed by atoms with Gasteiger partial charge in [-0.1, -0.05) is 38.7 Å². The van der Waals surface area contributed by atoms with Crippen molar-refractivity contribution in [3.05, 3.63) is 29.3 Å². The zero-order chi connectivity index (χ0) is 15.5. The monoisotopic (exact) mass is 287 g/mol. The van der Waals surface area contributed by atoms with Crippen molar-refractivity contribution < 1.29 is 9.47 Å². The maximum atomic E-state index is 8.81. The summed E-state index contributed by atoms with van der Waals surface area (Å²) in [7, 11) is 1.63. The van der Waals surface area contributed by atoms with Crippen LogP contribution in [0.4, 0.5) is 0 Å². The molecule has 1 rings (SSSR count). The van der Waals surface area contributed by atoms with Crippen LogP contribution in [-0.2, 0) is 0 Å². The molecule has 0 saturated heterocycles. The second-order valence-corrected chi connectivity index (χ2v) is 5.11. The van der Waals surface area contributed by atoms with E-state index in [4.69, 9.17) is 14.7 Å². The molecule has 0 atom stereocenters. The molecule has 0 unspecified atom stereocenters. The Morgan fingerprint density at radius 1 is 1.19 bits per heavy atom. The van der Waals surface area contributed by atoms with E-state index >= 15 is 0 Å². The minimum atomic E-state index is 0.668. The maximum absolute atomic E-state index is 8.81. The molecule has 0 amide bonds. The lowest BCUT2D eigenvalue weighted by Gasteiger charge is -2.11. The van der Waals surface area contributed by atoms with Gasteiger partial charge >= 0.3 is 0 Å². The molecule has 21 heavy (non-hydrogen) atoms. The van der Waals surface area contributed by atoms with Crippen LogP contribution in [0.15, 0.2) is 23.8 Å². The van der Waals surface area contributed by atoms with Crippen molar-refractivity contribution in [3.8, 4) is 17.6 Å². The van der Waals surface area contributed by atoms with E-state index in [1.54, 1.807) is 14.0 Å². The van der Waals surface area contributed by atoms with Gasteiger partial charge in [-0.3, -0.25) is 0 Å². The van der Waals surface area contributed by atoms with Crippen LogP contribution in [0.5, 0.6) is 11.5 Å². The number of benzene rings is 1. The van der Waals surface area contributed by atoms with Crippen molar-refractivity contribution in [3.63, 3.8) is 0 Å². The van der Waals surface area contributed by atoms with Crippen LogP contribution in [-0.4, -0.2) is 13.7 Å². The van der Waals surface area contributed by atoms with E-state index in [9.17, 15) is 0 Å². The second kappa shape index (κ2) is 9.88. The molecule has 0 fully saturated rings. The first kappa shape index (κ1) is 17.1. The number of unbranched alkanes of at least 4 members (excludes halogenated alkanes) is 4. The Balaban J connectivity index is 2.57. The summed E-state index contributed by atoms with van der Waals surface area (Å²) in [6, 6.07) is 7.85. The molecular weight excluding hydrogens is 262 g/mol. The largest absolute Gasteiger partial charge is 0.493 e. The summed E-state index contributed by atoms with van der Waals surface area (Å²) in [5.41, 5.74) is 1.61. The molecule has 0 aromatic heterocycles. The molecule has 0 heterocycles. The average molecular weight is 287 g/mol. The van der Waals surface area contributed by atoms with Gasteiger partial charge in [-0.15, -0.1) is 0 Å². The highest BCUT2D eigenvalue weighted by Gasteiger charge is 2.05. The van der Waals surface area contributed by atoms with Crippen molar-refractivity contribution >= 4 is 6.08 Å². The third kappa shape index (κ3) is 6.35. The van der Waals surface area contributed by atoms with E-state index in [1.807, 2.05) is 24.3 Å². The highest BCUT2D eigenvalue weighted by atomic mass is 16.5. The normalized spacial score (nSPS) is 11.0. The molecule has 1 aromatic rings. The smallest absolute Gasteiger partial charge is 0.161 e. The van der Waals surface area contributed by atoms with Crippen molar-refractivity contribution in [2.45, 2.75) is 46.0 Å². The molecule has 0 N–H and O–H groups in total. The zero-order valence-corrected chi connectivity index (χ0v) is 13.3. The van der Waals surface area contributed by atoms with Crippen molar-refractivity contribution in [1.82, 2.24) is 0 Å². The molecule has 0 aliphatic rings. The van der Waals surface area contributed by atoms with Gasteiger partial charge in [-0.2, -0.15) is 5.26 Å². The first-order chi connectivity index (χ1) is 10.2. The summed E-state index contributed by atoms with van der Waals surface area (Å²) < 4.78 is 11.1. The van der Waals surface area contributed by atoms with Crippen LogP contribution in [0.25, 0.3) is 6.08 Å². The van der Waals surface area contributed by atoms with Crippen LogP contribution >= 0.6 is 0 Å². The minimum Gasteiger partial charge on any atom is -0.493 e. The van der Waals surface area contributed by atoms with E-state index in [0.717, 1.165) is 17.7 Å². The Hall–Kier alpha value is -1.95. The summed E-state index contributed by atoms with van der Waals surface area (Å²) in [5, 5.41) is 8.81. The fourth-order valence-corrected chi connectivity index (χ4v) is 2.06. The summed E-state index contributed by atoms with van der Waals surface area (Å²) in [6.45, 7) is 4.71. The number of hydrogen-bond donors (Lipinski definition) is 0. The summed E-state index contributed by atoms with van der Waals surface area (Å²) >= 11 is 0. The number of hydrogen-bond acceptors (Lipinski definition) is 3. The molecule has 0 aliphatic carbocycles. The van der Waals surface area contributed by atoms with Crippen LogP contribution in [0.2, 0.25) is 0 Å². The SMILES string of the molecule is CCCCCCCOc1ccc(/C=C(/C)C#N)cc1OC. The second-order valence-electron chi connectivity index (χ2n) is 5.11. The third-order valence-electron chi connectivity index (χ3n) is 3.25. The first-order valence-corrected chi connectivity index (χ1v) is 7.60. The van der Waals surface area contributed by atoms with E-state index in [0.29, 0.717) is 17.9 Å². The molecule has 0 bridgehead atoms. The van der Waals surface area contributed by atoms with Crippen LogP contribution in [0, 0.1) is 11.3 Å². The van der Waals surface area contributed by atoms with E-state index in [2.05, 4.69) is 13.0 Å². The fraction of sp³-hybridized carbons (Fsp3) is 0.500. The Morgan fingerprint density at radius 3 is 2.62 bits per heavy atom. The Kier molecular flexibility index (Phi) is 8.04. The number of allylic oxidation sites excluding steroid dienone is 1. The number of nitrogens with zero attached hydrogens (tertiary/aromatic N) is 1. The first-order valence-electron chi connectivity index (χ1n) is 7.60. The lowest BCUT2D eigenvalue weighted by molar-refractivity contribution is 0.285. The van der Waals surface area contributed by atoms with Gasteiger partial charge in [0.2, 0.25) is 0 Å². The predicted octanol–water partition coefficient (Wildman–Crippen LogP) is 4.97. The fourth-order valence-electron chi connectivity index (χ4n) is 2.06. The topological polar surface area (TPSA) is 42.2 Å². The lowest BCUT2D eigenvalue weighted by atomic mass is 10.1. The zero-order valence-electron chi connectivity index (χ0n) is 13.3. The maximum Gasteiger partial charge on any atom is 0.161 e. The summed E-state index contributed by atoms with van der Waals surface area (Å²) in [4.78, 5) is 0. The molecule has 0 radical (unpaired) electrons. The Morgan fingerprint density at radius 2 is 1.95 bits per heavy atom. The molecule has 114 valence electrons. The van der Waals surface area contributed by atoms with Gasteiger partial charge in [0.25, 0.3) is 0 Å². The van der Waals surface area contributed by atoms with Crippen LogP contribution in [0.3, 0.4) is 0 Å². The minimum absolute atomic E-state index is 0.668. The highest BCUT2D eigenvalue weighted by molar-refractivity contribution is 5.60.